The number of ether oxygens (including phenoxy) is 1. The summed E-state index contributed by atoms with van der Waals surface area (Å²) in [4.78, 5) is 2.36. The van der Waals surface area contributed by atoms with Gasteiger partial charge in [0.05, 0.1) is 6.61 Å². The number of nitrogens with zero attached hydrogens (tertiary/aromatic N) is 1. The molecule has 1 fully saturated rings. The first kappa shape index (κ1) is 15.3. The number of hydrogen-bond donors (Lipinski definition) is 1. The van der Waals surface area contributed by atoms with Gasteiger partial charge in [0, 0.05) is 43.9 Å². The number of nitrogens with one attached hydrogen (secondary N) is 1. The van der Waals surface area contributed by atoms with Crippen molar-refractivity contribution in [3.8, 4) is 0 Å². The quantitative estimate of drug-likeness (QED) is 0.864. The molecule has 1 aliphatic heterocycles. The molecule has 0 aliphatic carbocycles. The lowest BCUT2D eigenvalue weighted by Crippen LogP contribution is -2.45. The number of aryl methyl sites for hydroxylation is 1. The Balaban J connectivity index is 2.04. The van der Waals surface area contributed by atoms with Crippen molar-refractivity contribution in [2.24, 2.45) is 5.41 Å². The number of anilines is 1. The summed E-state index contributed by atoms with van der Waals surface area (Å²) in [6.07, 6.45) is 1.14. The van der Waals surface area contributed by atoms with Crippen LogP contribution < -0.4 is 10.2 Å². The van der Waals surface area contributed by atoms with Gasteiger partial charge in [-0.2, -0.15) is 0 Å². The van der Waals surface area contributed by atoms with Crippen molar-refractivity contribution in [1.82, 2.24) is 5.32 Å². The standard InChI is InChI=1S/C17H28N2O/c1-14(2)18-11-17(8-9-20-13-17)12-19(4)16-7-5-6-15(3)10-16/h5-7,10,14,18H,8-9,11-13H2,1-4H3. The summed E-state index contributed by atoms with van der Waals surface area (Å²) in [5, 5.41) is 3.59. The van der Waals surface area contributed by atoms with E-state index < -0.39 is 0 Å². The summed E-state index contributed by atoms with van der Waals surface area (Å²) in [5.74, 6) is 0. The van der Waals surface area contributed by atoms with Crippen molar-refractivity contribution in [2.45, 2.75) is 33.2 Å². The molecule has 0 saturated carbocycles. The SMILES string of the molecule is Cc1cccc(N(C)CC2(CNC(C)C)CCOC2)c1. The molecule has 1 saturated heterocycles. The normalized spacial score (nSPS) is 22.4. The topological polar surface area (TPSA) is 24.5 Å². The minimum atomic E-state index is 0.239. The van der Waals surface area contributed by atoms with Crippen LogP contribution in [-0.2, 0) is 4.74 Å². The molecule has 1 N–H and O–H groups in total. The molecule has 0 spiro atoms. The van der Waals surface area contributed by atoms with Gasteiger partial charge in [0.2, 0.25) is 0 Å². The fourth-order valence-corrected chi connectivity index (χ4v) is 2.85. The zero-order chi connectivity index (χ0) is 14.6. The van der Waals surface area contributed by atoms with Crippen LogP contribution in [0.2, 0.25) is 0 Å². The molecule has 3 nitrogen and oxygen atoms in total. The second-order valence-corrected chi connectivity index (χ2v) is 6.53. The summed E-state index contributed by atoms with van der Waals surface area (Å²) < 4.78 is 5.69. The molecule has 20 heavy (non-hydrogen) atoms. The summed E-state index contributed by atoms with van der Waals surface area (Å²) >= 11 is 0. The maximum Gasteiger partial charge on any atom is 0.0552 e. The predicted molar refractivity (Wildman–Crippen MR) is 85.5 cm³/mol. The molecule has 1 aromatic carbocycles. The van der Waals surface area contributed by atoms with Gasteiger partial charge in [-0.1, -0.05) is 26.0 Å². The zero-order valence-corrected chi connectivity index (χ0v) is 13.3. The summed E-state index contributed by atoms with van der Waals surface area (Å²) in [6.45, 7) is 10.4. The highest BCUT2D eigenvalue weighted by Crippen LogP contribution is 2.30. The molecule has 1 heterocycles. The monoisotopic (exact) mass is 276 g/mol. The Kier molecular flexibility index (Phi) is 5.06. The van der Waals surface area contributed by atoms with E-state index in [1.165, 1.54) is 11.3 Å². The highest BCUT2D eigenvalue weighted by atomic mass is 16.5. The Bertz CT molecular complexity index is 425. The van der Waals surface area contributed by atoms with Crippen LogP contribution in [0.3, 0.4) is 0 Å². The van der Waals surface area contributed by atoms with Gasteiger partial charge in [-0.15, -0.1) is 0 Å². The molecule has 0 aromatic heterocycles. The first-order valence-electron chi connectivity index (χ1n) is 7.60. The minimum Gasteiger partial charge on any atom is -0.381 e. The van der Waals surface area contributed by atoms with Gasteiger partial charge in [-0.25, -0.2) is 0 Å². The molecule has 1 unspecified atom stereocenters. The van der Waals surface area contributed by atoms with E-state index in [9.17, 15) is 0 Å². The second-order valence-electron chi connectivity index (χ2n) is 6.53. The largest absolute Gasteiger partial charge is 0.381 e. The van der Waals surface area contributed by atoms with Gasteiger partial charge in [-0.3, -0.25) is 0 Å². The van der Waals surface area contributed by atoms with Crippen LogP contribution in [0.4, 0.5) is 5.69 Å². The molecule has 0 bridgehead atoms. The average molecular weight is 276 g/mol. The van der Waals surface area contributed by atoms with Crippen LogP contribution in [0, 0.1) is 12.3 Å². The molecule has 0 amide bonds. The van der Waals surface area contributed by atoms with E-state index in [0.717, 1.165) is 32.7 Å². The van der Waals surface area contributed by atoms with Crippen molar-refractivity contribution in [3.05, 3.63) is 29.8 Å². The highest BCUT2D eigenvalue weighted by molar-refractivity contribution is 5.47. The van der Waals surface area contributed by atoms with E-state index in [0.29, 0.717) is 6.04 Å². The van der Waals surface area contributed by atoms with Crippen molar-refractivity contribution >= 4 is 5.69 Å². The van der Waals surface area contributed by atoms with Gasteiger partial charge in [0.1, 0.15) is 0 Å². The Morgan fingerprint density at radius 2 is 2.20 bits per heavy atom. The summed E-state index contributed by atoms with van der Waals surface area (Å²) in [7, 11) is 2.18. The first-order chi connectivity index (χ1) is 9.51. The molecule has 3 heteroatoms. The molecule has 2 rings (SSSR count). The van der Waals surface area contributed by atoms with E-state index in [1.807, 2.05) is 0 Å². The predicted octanol–water partition coefficient (Wildman–Crippen LogP) is 2.84. The van der Waals surface area contributed by atoms with E-state index in [2.05, 4.69) is 62.3 Å². The third kappa shape index (κ3) is 3.97. The minimum absolute atomic E-state index is 0.239. The fraction of sp³-hybridized carbons (Fsp3) is 0.647. The van der Waals surface area contributed by atoms with Gasteiger partial charge in [0.25, 0.3) is 0 Å². The highest BCUT2D eigenvalue weighted by Gasteiger charge is 2.36. The van der Waals surface area contributed by atoms with Gasteiger partial charge < -0.3 is 15.0 Å². The van der Waals surface area contributed by atoms with Crippen LogP contribution in [0.15, 0.2) is 24.3 Å². The molecule has 1 atom stereocenters. The Hall–Kier alpha value is -1.06. The number of rotatable bonds is 6. The average Bonchev–Trinajstić information content (AvgIpc) is 2.85. The van der Waals surface area contributed by atoms with E-state index >= 15 is 0 Å². The number of hydrogen-bond acceptors (Lipinski definition) is 3. The molecule has 112 valence electrons. The Morgan fingerprint density at radius 3 is 2.80 bits per heavy atom. The van der Waals surface area contributed by atoms with Crippen molar-refractivity contribution in [1.29, 1.82) is 0 Å². The molecular formula is C17H28N2O. The van der Waals surface area contributed by atoms with E-state index in [4.69, 9.17) is 4.74 Å². The van der Waals surface area contributed by atoms with Crippen LogP contribution in [0.5, 0.6) is 0 Å². The van der Waals surface area contributed by atoms with Crippen molar-refractivity contribution < 1.29 is 4.74 Å². The molecule has 0 radical (unpaired) electrons. The van der Waals surface area contributed by atoms with Crippen LogP contribution in [0.25, 0.3) is 0 Å². The van der Waals surface area contributed by atoms with Gasteiger partial charge in [0.15, 0.2) is 0 Å². The lowest BCUT2D eigenvalue weighted by atomic mass is 9.86. The maximum absolute atomic E-state index is 5.69. The third-order valence-electron chi connectivity index (χ3n) is 4.09. The van der Waals surface area contributed by atoms with Gasteiger partial charge >= 0.3 is 0 Å². The third-order valence-corrected chi connectivity index (χ3v) is 4.09. The fourth-order valence-electron chi connectivity index (χ4n) is 2.85. The Morgan fingerprint density at radius 1 is 1.40 bits per heavy atom. The second kappa shape index (κ2) is 6.59. The lowest BCUT2D eigenvalue weighted by molar-refractivity contribution is 0.151. The van der Waals surface area contributed by atoms with Crippen molar-refractivity contribution in [2.75, 3.05) is 38.3 Å². The molecule has 1 aromatic rings. The zero-order valence-electron chi connectivity index (χ0n) is 13.3. The maximum atomic E-state index is 5.69. The summed E-state index contributed by atoms with van der Waals surface area (Å²) in [6, 6.07) is 9.24. The van der Waals surface area contributed by atoms with Crippen LogP contribution in [-0.4, -0.2) is 39.4 Å². The summed E-state index contributed by atoms with van der Waals surface area (Å²) in [5.41, 5.74) is 2.84. The van der Waals surface area contributed by atoms with Crippen LogP contribution >= 0.6 is 0 Å². The number of benzene rings is 1. The molecule has 1 aliphatic rings. The Labute approximate surface area is 123 Å². The van der Waals surface area contributed by atoms with Crippen molar-refractivity contribution in [3.63, 3.8) is 0 Å². The first-order valence-corrected chi connectivity index (χ1v) is 7.60. The van der Waals surface area contributed by atoms with Gasteiger partial charge in [-0.05, 0) is 31.0 Å². The van der Waals surface area contributed by atoms with E-state index in [-0.39, 0.29) is 5.41 Å². The lowest BCUT2D eigenvalue weighted by Gasteiger charge is -2.34. The van der Waals surface area contributed by atoms with Crippen LogP contribution in [0.1, 0.15) is 25.8 Å². The smallest absolute Gasteiger partial charge is 0.0552 e. The van der Waals surface area contributed by atoms with E-state index in [1.54, 1.807) is 0 Å². The molecular weight excluding hydrogens is 248 g/mol.